The van der Waals surface area contributed by atoms with E-state index in [1.165, 1.54) is 57.8 Å². The average Bonchev–Trinajstić information content (AvgIpc) is 2.42. The van der Waals surface area contributed by atoms with Crippen molar-refractivity contribution >= 4 is 0 Å². The summed E-state index contributed by atoms with van der Waals surface area (Å²) in [6, 6.07) is 0. The maximum Gasteiger partial charge on any atom is 0.0603 e. The SMILES string of the molecule is CCCCCCNCCOC1CCCCC1CC. The van der Waals surface area contributed by atoms with E-state index in [2.05, 4.69) is 19.2 Å². The van der Waals surface area contributed by atoms with E-state index in [0.29, 0.717) is 6.10 Å². The Morgan fingerprint density at radius 3 is 2.61 bits per heavy atom. The van der Waals surface area contributed by atoms with Crippen LogP contribution in [0.15, 0.2) is 0 Å². The summed E-state index contributed by atoms with van der Waals surface area (Å²) in [6.07, 6.45) is 12.7. The van der Waals surface area contributed by atoms with Gasteiger partial charge in [-0.15, -0.1) is 0 Å². The molecule has 0 aromatic rings. The van der Waals surface area contributed by atoms with E-state index in [0.717, 1.165) is 25.6 Å². The Morgan fingerprint density at radius 1 is 1.00 bits per heavy atom. The van der Waals surface area contributed by atoms with Crippen LogP contribution >= 0.6 is 0 Å². The molecule has 0 aliphatic heterocycles. The highest BCUT2D eigenvalue weighted by Crippen LogP contribution is 2.28. The fourth-order valence-corrected chi connectivity index (χ4v) is 2.94. The zero-order chi connectivity index (χ0) is 13.1. The Balaban J connectivity index is 1.93. The number of unbranched alkanes of at least 4 members (excludes halogenated alkanes) is 3. The van der Waals surface area contributed by atoms with E-state index >= 15 is 0 Å². The summed E-state index contributed by atoms with van der Waals surface area (Å²) in [5.41, 5.74) is 0. The number of ether oxygens (including phenoxy) is 1. The third-order valence-electron chi connectivity index (χ3n) is 4.18. The molecular weight excluding hydrogens is 222 g/mol. The predicted octanol–water partition coefficient (Wildman–Crippen LogP) is 4.14. The molecule has 2 heteroatoms. The van der Waals surface area contributed by atoms with Crippen LogP contribution in [-0.2, 0) is 4.74 Å². The minimum absolute atomic E-state index is 0.547. The zero-order valence-electron chi connectivity index (χ0n) is 12.5. The molecule has 1 saturated carbocycles. The number of hydrogen-bond donors (Lipinski definition) is 1. The fourth-order valence-electron chi connectivity index (χ4n) is 2.94. The first-order valence-corrected chi connectivity index (χ1v) is 8.20. The van der Waals surface area contributed by atoms with Gasteiger partial charge in [0.25, 0.3) is 0 Å². The molecule has 1 rings (SSSR count). The molecule has 0 saturated heterocycles. The van der Waals surface area contributed by atoms with Crippen LogP contribution in [0.1, 0.15) is 71.6 Å². The van der Waals surface area contributed by atoms with Crippen molar-refractivity contribution < 1.29 is 4.74 Å². The fraction of sp³-hybridized carbons (Fsp3) is 1.00. The largest absolute Gasteiger partial charge is 0.377 e. The normalized spacial score (nSPS) is 24.3. The zero-order valence-corrected chi connectivity index (χ0v) is 12.5. The molecule has 0 heterocycles. The summed E-state index contributed by atoms with van der Waals surface area (Å²) in [6.45, 7) is 7.65. The van der Waals surface area contributed by atoms with Gasteiger partial charge in [0.15, 0.2) is 0 Å². The van der Waals surface area contributed by atoms with Crippen molar-refractivity contribution in [2.75, 3.05) is 19.7 Å². The highest BCUT2D eigenvalue weighted by atomic mass is 16.5. The number of rotatable bonds is 10. The Morgan fingerprint density at radius 2 is 1.83 bits per heavy atom. The predicted molar refractivity (Wildman–Crippen MR) is 79.0 cm³/mol. The third-order valence-corrected chi connectivity index (χ3v) is 4.18. The van der Waals surface area contributed by atoms with Gasteiger partial charge in [0, 0.05) is 6.54 Å². The first kappa shape index (κ1) is 16.0. The molecule has 2 nitrogen and oxygen atoms in total. The van der Waals surface area contributed by atoms with Gasteiger partial charge in [-0.1, -0.05) is 52.4 Å². The molecule has 0 radical (unpaired) electrons. The van der Waals surface area contributed by atoms with Crippen LogP contribution in [-0.4, -0.2) is 25.8 Å². The van der Waals surface area contributed by atoms with Crippen LogP contribution in [0.25, 0.3) is 0 Å². The van der Waals surface area contributed by atoms with Crippen molar-refractivity contribution in [1.82, 2.24) is 5.32 Å². The Labute approximate surface area is 114 Å². The van der Waals surface area contributed by atoms with Crippen LogP contribution in [0.4, 0.5) is 0 Å². The van der Waals surface area contributed by atoms with E-state index < -0.39 is 0 Å². The van der Waals surface area contributed by atoms with Crippen molar-refractivity contribution in [3.8, 4) is 0 Å². The van der Waals surface area contributed by atoms with Crippen LogP contribution in [0.2, 0.25) is 0 Å². The van der Waals surface area contributed by atoms with E-state index in [1.807, 2.05) is 0 Å². The third kappa shape index (κ3) is 6.75. The summed E-state index contributed by atoms with van der Waals surface area (Å²) in [4.78, 5) is 0. The van der Waals surface area contributed by atoms with Crippen LogP contribution in [0.3, 0.4) is 0 Å². The van der Waals surface area contributed by atoms with Crippen molar-refractivity contribution in [2.24, 2.45) is 5.92 Å². The first-order chi connectivity index (χ1) is 8.88. The quantitative estimate of drug-likeness (QED) is 0.592. The lowest BCUT2D eigenvalue weighted by molar-refractivity contribution is -0.0102. The lowest BCUT2D eigenvalue weighted by atomic mass is 9.85. The maximum absolute atomic E-state index is 6.05. The van der Waals surface area contributed by atoms with Gasteiger partial charge in [-0.05, 0) is 31.7 Å². The van der Waals surface area contributed by atoms with Gasteiger partial charge in [0.05, 0.1) is 12.7 Å². The minimum atomic E-state index is 0.547. The second kappa shape index (κ2) is 10.8. The summed E-state index contributed by atoms with van der Waals surface area (Å²) < 4.78 is 6.05. The van der Waals surface area contributed by atoms with Gasteiger partial charge in [-0.2, -0.15) is 0 Å². The Bertz CT molecular complexity index is 184. The molecule has 1 N–H and O–H groups in total. The molecule has 0 spiro atoms. The van der Waals surface area contributed by atoms with E-state index in [1.54, 1.807) is 0 Å². The Kier molecular flexibility index (Phi) is 9.59. The summed E-state index contributed by atoms with van der Waals surface area (Å²) in [5.74, 6) is 0.823. The molecule has 2 atom stereocenters. The second-order valence-corrected chi connectivity index (χ2v) is 5.67. The van der Waals surface area contributed by atoms with Gasteiger partial charge >= 0.3 is 0 Å². The lowest BCUT2D eigenvalue weighted by Crippen LogP contribution is -2.30. The highest BCUT2D eigenvalue weighted by Gasteiger charge is 2.23. The summed E-state index contributed by atoms with van der Waals surface area (Å²) in [7, 11) is 0. The standard InChI is InChI=1S/C16H33NO/c1-3-5-6-9-12-17-13-14-18-16-11-8-7-10-15(16)4-2/h15-17H,3-14H2,1-2H3. The molecule has 2 unspecified atom stereocenters. The van der Waals surface area contributed by atoms with Gasteiger partial charge in [-0.3, -0.25) is 0 Å². The molecule has 18 heavy (non-hydrogen) atoms. The van der Waals surface area contributed by atoms with Crippen LogP contribution < -0.4 is 5.32 Å². The van der Waals surface area contributed by atoms with Crippen molar-refractivity contribution in [3.63, 3.8) is 0 Å². The molecule has 108 valence electrons. The first-order valence-electron chi connectivity index (χ1n) is 8.20. The van der Waals surface area contributed by atoms with Crippen LogP contribution in [0, 0.1) is 5.92 Å². The minimum Gasteiger partial charge on any atom is -0.377 e. The topological polar surface area (TPSA) is 21.3 Å². The highest BCUT2D eigenvalue weighted by molar-refractivity contribution is 4.74. The number of nitrogens with one attached hydrogen (secondary N) is 1. The van der Waals surface area contributed by atoms with Gasteiger partial charge in [0.2, 0.25) is 0 Å². The molecule has 0 aromatic carbocycles. The molecule has 1 aliphatic rings. The van der Waals surface area contributed by atoms with Crippen molar-refractivity contribution in [2.45, 2.75) is 77.7 Å². The van der Waals surface area contributed by atoms with Gasteiger partial charge < -0.3 is 10.1 Å². The maximum atomic E-state index is 6.05. The average molecular weight is 255 g/mol. The second-order valence-electron chi connectivity index (χ2n) is 5.67. The smallest absolute Gasteiger partial charge is 0.0603 e. The van der Waals surface area contributed by atoms with E-state index in [4.69, 9.17) is 4.74 Å². The molecule has 1 fully saturated rings. The molecular formula is C16H33NO. The molecule has 0 amide bonds. The molecule has 0 aromatic heterocycles. The van der Waals surface area contributed by atoms with Crippen LogP contribution in [0.5, 0.6) is 0 Å². The molecule has 1 aliphatic carbocycles. The van der Waals surface area contributed by atoms with E-state index in [-0.39, 0.29) is 0 Å². The molecule has 0 bridgehead atoms. The van der Waals surface area contributed by atoms with Gasteiger partial charge in [-0.25, -0.2) is 0 Å². The van der Waals surface area contributed by atoms with Crippen molar-refractivity contribution in [3.05, 3.63) is 0 Å². The van der Waals surface area contributed by atoms with Crippen molar-refractivity contribution in [1.29, 1.82) is 0 Å². The Hall–Kier alpha value is -0.0800. The number of hydrogen-bond acceptors (Lipinski definition) is 2. The monoisotopic (exact) mass is 255 g/mol. The summed E-state index contributed by atoms with van der Waals surface area (Å²) in [5, 5.41) is 3.49. The van der Waals surface area contributed by atoms with E-state index in [9.17, 15) is 0 Å². The summed E-state index contributed by atoms with van der Waals surface area (Å²) >= 11 is 0. The lowest BCUT2D eigenvalue weighted by Gasteiger charge is -2.30. The van der Waals surface area contributed by atoms with Gasteiger partial charge in [0.1, 0.15) is 0 Å².